The maximum absolute atomic E-state index is 10.6. The first-order chi connectivity index (χ1) is 5.22. The Kier molecular flexibility index (Phi) is 5.88. The summed E-state index contributed by atoms with van der Waals surface area (Å²) in [6.07, 6.45) is 1.62. The summed E-state index contributed by atoms with van der Waals surface area (Å²) in [6, 6.07) is 0. The van der Waals surface area contributed by atoms with E-state index in [-0.39, 0.29) is 0 Å². The number of methoxy groups -OCH3 is 1. The van der Waals surface area contributed by atoms with Crippen LogP contribution in [0.1, 0.15) is 0 Å². The second-order valence-electron chi connectivity index (χ2n) is 1.98. The van der Waals surface area contributed by atoms with Crippen LogP contribution in [-0.2, 0) is 4.74 Å². The topological polar surface area (TPSA) is 29.5 Å². The van der Waals surface area contributed by atoms with Gasteiger partial charge in [-0.25, -0.2) is 0 Å². The Bertz CT molecular complexity index is 138. The van der Waals surface area contributed by atoms with Crippen molar-refractivity contribution in [2.75, 3.05) is 26.8 Å². The van der Waals surface area contributed by atoms with E-state index in [1.165, 1.54) is 4.90 Å². The van der Waals surface area contributed by atoms with E-state index in [4.69, 9.17) is 16.3 Å². The van der Waals surface area contributed by atoms with Gasteiger partial charge < -0.3 is 9.64 Å². The zero-order valence-corrected chi connectivity index (χ0v) is 7.30. The summed E-state index contributed by atoms with van der Waals surface area (Å²) < 4.78 is 4.78. The highest BCUT2D eigenvalue weighted by Crippen LogP contribution is 1.95. The third-order valence-electron chi connectivity index (χ3n) is 1.16. The minimum absolute atomic E-state index is 0.464. The number of halogens is 1. The lowest BCUT2D eigenvalue weighted by atomic mass is 10.5. The molecule has 0 N–H and O–H groups in total. The minimum atomic E-state index is -0.470. The average Bonchev–Trinajstić information content (AvgIpc) is 1.97. The number of ether oxygens (including phenoxy) is 1. The van der Waals surface area contributed by atoms with Crippen LogP contribution < -0.4 is 0 Å². The average molecular weight is 178 g/mol. The number of hydrogen-bond donors (Lipinski definition) is 0. The molecule has 0 saturated heterocycles. The normalized spacial score (nSPS) is 9.27. The first-order valence-electron chi connectivity index (χ1n) is 3.26. The molecule has 0 unspecified atom stereocenters. The molecular weight excluding hydrogens is 166 g/mol. The molecule has 0 aliphatic carbocycles. The Morgan fingerprint density at radius 2 is 2.45 bits per heavy atom. The number of rotatable bonds is 5. The Labute approximate surface area is 71.6 Å². The third kappa shape index (κ3) is 4.81. The molecule has 0 rings (SSSR count). The van der Waals surface area contributed by atoms with Crippen LogP contribution in [0.2, 0.25) is 0 Å². The minimum Gasteiger partial charge on any atom is -0.383 e. The number of nitrogens with zero attached hydrogens (tertiary/aromatic N) is 1. The van der Waals surface area contributed by atoms with Gasteiger partial charge in [0.15, 0.2) is 0 Å². The van der Waals surface area contributed by atoms with Crippen LogP contribution >= 0.6 is 11.6 Å². The Hall–Kier alpha value is -0.540. The van der Waals surface area contributed by atoms with Crippen molar-refractivity contribution in [3.8, 4) is 0 Å². The van der Waals surface area contributed by atoms with E-state index in [0.29, 0.717) is 19.7 Å². The molecule has 0 aromatic rings. The van der Waals surface area contributed by atoms with Crippen molar-refractivity contribution < 1.29 is 9.53 Å². The predicted molar refractivity (Wildman–Crippen MR) is 44.9 cm³/mol. The van der Waals surface area contributed by atoms with Crippen molar-refractivity contribution in [2.45, 2.75) is 0 Å². The van der Waals surface area contributed by atoms with Gasteiger partial charge in [0.25, 0.3) is 0 Å². The molecule has 0 saturated carbocycles. The van der Waals surface area contributed by atoms with Crippen LogP contribution in [-0.4, -0.2) is 37.1 Å². The zero-order chi connectivity index (χ0) is 8.69. The lowest BCUT2D eigenvalue weighted by Gasteiger charge is -2.16. The largest absolute Gasteiger partial charge is 0.383 e. The molecule has 0 atom stereocenters. The number of carbonyl (C=O) groups is 1. The van der Waals surface area contributed by atoms with Crippen LogP contribution in [0.3, 0.4) is 0 Å². The van der Waals surface area contributed by atoms with E-state index in [0.717, 1.165) is 0 Å². The van der Waals surface area contributed by atoms with Gasteiger partial charge in [-0.05, 0) is 11.6 Å². The smallest absolute Gasteiger partial charge is 0.316 e. The van der Waals surface area contributed by atoms with E-state index in [1.807, 2.05) is 0 Å². The van der Waals surface area contributed by atoms with E-state index in [9.17, 15) is 4.79 Å². The van der Waals surface area contributed by atoms with Gasteiger partial charge in [0.2, 0.25) is 0 Å². The fourth-order valence-electron chi connectivity index (χ4n) is 0.608. The van der Waals surface area contributed by atoms with Gasteiger partial charge in [-0.15, -0.1) is 6.58 Å². The summed E-state index contributed by atoms with van der Waals surface area (Å²) in [5, 5.41) is -0.470. The summed E-state index contributed by atoms with van der Waals surface area (Å²) >= 11 is 5.24. The highest BCUT2D eigenvalue weighted by molar-refractivity contribution is 6.62. The van der Waals surface area contributed by atoms with Crippen molar-refractivity contribution in [1.29, 1.82) is 0 Å². The molecular formula is C7H12ClNO2. The third-order valence-corrected chi connectivity index (χ3v) is 1.40. The molecule has 0 aromatic carbocycles. The Balaban J connectivity index is 3.69. The highest BCUT2D eigenvalue weighted by Gasteiger charge is 2.06. The first kappa shape index (κ1) is 10.5. The van der Waals surface area contributed by atoms with E-state index >= 15 is 0 Å². The fourth-order valence-corrected chi connectivity index (χ4v) is 0.762. The molecule has 0 radical (unpaired) electrons. The summed E-state index contributed by atoms with van der Waals surface area (Å²) in [4.78, 5) is 12.1. The highest BCUT2D eigenvalue weighted by atomic mass is 35.5. The van der Waals surface area contributed by atoms with Crippen molar-refractivity contribution in [3.63, 3.8) is 0 Å². The molecule has 0 aliphatic rings. The van der Waals surface area contributed by atoms with Gasteiger partial charge in [0.1, 0.15) is 0 Å². The number of hydrogen-bond acceptors (Lipinski definition) is 2. The van der Waals surface area contributed by atoms with Crippen molar-refractivity contribution in [3.05, 3.63) is 12.7 Å². The van der Waals surface area contributed by atoms with Crippen molar-refractivity contribution >= 4 is 17.0 Å². The summed E-state index contributed by atoms with van der Waals surface area (Å²) in [5.41, 5.74) is 0. The van der Waals surface area contributed by atoms with Gasteiger partial charge in [-0.3, -0.25) is 4.79 Å². The lowest BCUT2D eigenvalue weighted by molar-refractivity contribution is 0.164. The Morgan fingerprint density at radius 3 is 2.82 bits per heavy atom. The lowest BCUT2D eigenvalue weighted by Crippen LogP contribution is -2.29. The monoisotopic (exact) mass is 177 g/mol. The number of amides is 1. The standard InChI is InChI=1S/C7H12ClNO2/c1-3-4-9(7(8)10)5-6-11-2/h3H,1,4-6H2,2H3. The summed E-state index contributed by atoms with van der Waals surface area (Å²) in [7, 11) is 1.57. The van der Waals surface area contributed by atoms with Gasteiger partial charge in [-0.1, -0.05) is 6.08 Å². The fraction of sp³-hybridized carbons (Fsp3) is 0.571. The summed E-state index contributed by atoms with van der Waals surface area (Å²) in [5.74, 6) is 0. The van der Waals surface area contributed by atoms with Crippen molar-refractivity contribution in [1.82, 2.24) is 4.90 Å². The SMILES string of the molecule is C=CCN(CCOC)C(=O)Cl. The molecule has 0 aromatic heterocycles. The van der Waals surface area contributed by atoms with Gasteiger partial charge in [0, 0.05) is 20.2 Å². The zero-order valence-electron chi connectivity index (χ0n) is 6.55. The summed E-state index contributed by atoms with van der Waals surface area (Å²) in [6.45, 7) is 4.96. The predicted octanol–water partition coefficient (Wildman–Crippen LogP) is 1.48. The van der Waals surface area contributed by atoms with E-state index < -0.39 is 5.37 Å². The first-order valence-corrected chi connectivity index (χ1v) is 3.64. The molecule has 0 bridgehead atoms. The van der Waals surface area contributed by atoms with Gasteiger partial charge in [0.05, 0.1) is 6.61 Å². The van der Waals surface area contributed by atoms with Gasteiger partial charge >= 0.3 is 5.37 Å². The van der Waals surface area contributed by atoms with Crippen molar-refractivity contribution in [2.24, 2.45) is 0 Å². The second kappa shape index (κ2) is 6.19. The van der Waals surface area contributed by atoms with Crippen LogP contribution in [0.15, 0.2) is 12.7 Å². The molecule has 3 nitrogen and oxygen atoms in total. The molecule has 64 valence electrons. The van der Waals surface area contributed by atoms with Crippen LogP contribution in [0.5, 0.6) is 0 Å². The maximum atomic E-state index is 10.6. The molecule has 0 spiro atoms. The van der Waals surface area contributed by atoms with Crippen LogP contribution in [0.4, 0.5) is 4.79 Å². The maximum Gasteiger partial charge on any atom is 0.316 e. The molecule has 11 heavy (non-hydrogen) atoms. The van der Waals surface area contributed by atoms with Crippen LogP contribution in [0, 0.1) is 0 Å². The van der Waals surface area contributed by atoms with E-state index in [1.54, 1.807) is 13.2 Å². The van der Waals surface area contributed by atoms with Gasteiger partial charge in [-0.2, -0.15) is 0 Å². The van der Waals surface area contributed by atoms with Crippen LogP contribution in [0.25, 0.3) is 0 Å². The molecule has 0 aliphatic heterocycles. The number of carbonyl (C=O) groups excluding carboxylic acids is 1. The molecule has 4 heteroatoms. The van der Waals surface area contributed by atoms with E-state index in [2.05, 4.69) is 6.58 Å². The molecule has 0 heterocycles. The molecule has 1 amide bonds. The quantitative estimate of drug-likeness (QED) is 0.362. The molecule has 0 fully saturated rings. The Morgan fingerprint density at radius 1 is 1.82 bits per heavy atom. The second-order valence-corrected chi connectivity index (χ2v) is 2.30.